The van der Waals surface area contributed by atoms with Gasteiger partial charge in [-0.05, 0) is 12.8 Å². The molecule has 0 radical (unpaired) electrons. The van der Waals surface area contributed by atoms with Gasteiger partial charge < -0.3 is 15.9 Å². The molecule has 4 N–H and O–H groups in total. The van der Waals surface area contributed by atoms with E-state index in [1.54, 1.807) is 0 Å². The van der Waals surface area contributed by atoms with Crippen molar-refractivity contribution in [1.82, 2.24) is 0 Å². The number of aliphatic hydroxyl groups is 2. The molecule has 1 aliphatic carbocycles. The van der Waals surface area contributed by atoms with Gasteiger partial charge in [0, 0.05) is 6.42 Å². The average Bonchev–Trinajstić information content (AvgIpc) is 1.85. The lowest BCUT2D eigenvalue weighted by Gasteiger charge is -2.32. The Morgan fingerprint density at radius 3 is 2.45 bits per heavy atom. The van der Waals surface area contributed by atoms with Gasteiger partial charge in [0.2, 0.25) is 5.91 Å². The quantitative estimate of drug-likeness (QED) is 0.444. The highest BCUT2D eigenvalue weighted by atomic mass is 16.5. The van der Waals surface area contributed by atoms with E-state index in [1.165, 1.54) is 0 Å². The summed E-state index contributed by atoms with van der Waals surface area (Å²) < 4.78 is 0. The molecule has 4 nitrogen and oxygen atoms in total. The Morgan fingerprint density at radius 2 is 2.09 bits per heavy atom. The molecule has 1 unspecified atom stereocenters. The third-order valence-electron chi connectivity index (χ3n) is 2.19. The van der Waals surface area contributed by atoms with Crippen molar-refractivity contribution in [3.8, 4) is 0 Å². The van der Waals surface area contributed by atoms with Crippen LogP contribution >= 0.6 is 0 Å². The fraction of sp³-hybridized carbons (Fsp3) is 0.857. The molecule has 64 valence electrons. The lowest BCUT2D eigenvalue weighted by Crippen LogP contribution is -2.47. The molecular formula is C7H13NO3. The van der Waals surface area contributed by atoms with Crippen LogP contribution in [0.15, 0.2) is 0 Å². The molecule has 0 saturated heterocycles. The van der Waals surface area contributed by atoms with Crippen LogP contribution in [0.5, 0.6) is 0 Å². The molecule has 0 spiro atoms. The van der Waals surface area contributed by atoms with Gasteiger partial charge in [-0.2, -0.15) is 0 Å². The zero-order chi connectivity index (χ0) is 8.48. The smallest absolute Gasteiger partial charge is 0.225 e. The van der Waals surface area contributed by atoms with Gasteiger partial charge in [-0.3, -0.25) is 4.79 Å². The first-order chi connectivity index (χ1) is 5.04. The van der Waals surface area contributed by atoms with Crippen LogP contribution in [0.1, 0.15) is 25.7 Å². The minimum atomic E-state index is -1.86. The summed E-state index contributed by atoms with van der Waals surface area (Å²) >= 11 is 0. The van der Waals surface area contributed by atoms with Crippen molar-refractivity contribution in [2.45, 2.75) is 31.5 Å². The molecule has 1 rings (SSSR count). The molecule has 0 aromatic carbocycles. The maximum Gasteiger partial charge on any atom is 0.225 e. The number of carbonyl (C=O) groups excluding carboxylic acids is 1. The van der Waals surface area contributed by atoms with E-state index in [4.69, 9.17) is 5.73 Å². The van der Waals surface area contributed by atoms with E-state index in [9.17, 15) is 15.0 Å². The van der Waals surface area contributed by atoms with Gasteiger partial charge in [0.1, 0.15) is 0 Å². The number of hydrogen-bond acceptors (Lipinski definition) is 3. The maximum absolute atomic E-state index is 10.7. The van der Waals surface area contributed by atoms with Crippen LogP contribution in [0.25, 0.3) is 0 Å². The van der Waals surface area contributed by atoms with Crippen molar-refractivity contribution in [3.63, 3.8) is 0 Å². The van der Waals surface area contributed by atoms with Crippen molar-refractivity contribution in [2.24, 2.45) is 11.7 Å². The van der Waals surface area contributed by atoms with Crippen LogP contribution in [0.3, 0.4) is 0 Å². The molecule has 0 bridgehead atoms. The van der Waals surface area contributed by atoms with Crippen LogP contribution in [-0.4, -0.2) is 21.9 Å². The van der Waals surface area contributed by atoms with E-state index in [0.717, 1.165) is 12.8 Å². The Labute approximate surface area is 65.0 Å². The second kappa shape index (κ2) is 2.79. The molecule has 1 atom stereocenters. The van der Waals surface area contributed by atoms with Gasteiger partial charge in [-0.15, -0.1) is 0 Å². The first-order valence-corrected chi connectivity index (χ1v) is 3.78. The minimum Gasteiger partial charge on any atom is -0.369 e. The third kappa shape index (κ3) is 1.70. The van der Waals surface area contributed by atoms with Crippen LogP contribution in [-0.2, 0) is 4.79 Å². The van der Waals surface area contributed by atoms with Gasteiger partial charge in [-0.1, -0.05) is 6.42 Å². The Hall–Kier alpha value is -0.610. The lowest BCUT2D eigenvalue weighted by molar-refractivity contribution is -0.214. The molecule has 0 heterocycles. The molecule has 11 heavy (non-hydrogen) atoms. The van der Waals surface area contributed by atoms with E-state index >= 15 is 0 Å². The van der Waals surface area contributed by atoms with Crippen molar-refractivity contribution >= 4 is 5.91 Å². The summed E-state index contributed by atoms with van der Waals surface area (Å²) in [6, 6.07) is 0. The van der Waals surface area contributed by atoms with Gasteiger partial charge >= 0.3 is 0 Å². The van der Waals surface area contributed by atoms with Crippen molar-refractivity contribution in [1.29, 1.82) is 0 Å². The van der Waals surface area contributed by atoms with Crippen LogP contribution in [0.4, 0.5) is 0 Å². The highest BCUT2D eigenvalue weighted by Gasteiger charge is 2.40. The summed E-state index contributed by atoms with van der Waals surface area (Å²) in [6.07, 6.45) is 2.33. The Morgan fingerprint density at radius 1 is 1.45 bits per heavy atom. The van der Waals surface area contributed by atoms with E-state index in [-0.39, 0.29) is 6.42 Å². The first-order valence-electron chi connectivity index (χ1n) is 3.78. The number of nitrogens with two attached hydrogens (primary N) is 1. The van der Waals surface area contributed by atoms with E-state index in [0.29, 0.717) is 6.42 Å². The molecule has 0 aliphatic heterocycles. The van der Waals surface area contributed by atoms with Gasteiger partial charge in [0.05, 0.1) is 5.92 Å². The normalized spacial score (nSPS) is 29.8. The van der Waals surface area contributed by atoms with Gasteiger partial charge in [-0.25, -0.2) is 0 Å². The largest absolute Gasteiger partial charge is 0.369 e. The molecular weight excluding hydrogens is 146 g/mol. The summed E-state index contributed by atoms with van der Waals surface area (Å²) in [6.45, 7) is 0. The number of hydrogen-bond donors (Lipinski definition) is 3. The number of carbonyl (C=O) groups is 1. The van der Waals surface area contributed by atoms with Crippen molar-refractivity contribution < 1.29 is 15.0 Å². The Bertz CT molecular complexity index is 167. The molecule has 4 heteroatoms. The molecule has 0 aromatic heterocycles. The van der Waals surface area contributed by atoms with E-state index < -0.39 is 17.6 Å². The van der Waals surface area contributed by atoms with Gasteiger partial charge in [0.15, 0.2) is 5.79 Å². The molecule has 1 aliphatic rings. The molecule has 1 saturated carbocycles. The fourth-order valence-electron chi connectivity index (χ4n) is 1.51. The monoisotopic (exact) mass is 159 g/mol. The van der Waals surface area contributed by atoms with Crippen molar-refractivity contribution in [3.05, 3.63) is 0 Å². The second-order valence-corrected chi connectivity index (χ2v) is 3.08. The fourth-order valence-corrected chi connectivity index (χ4v) is 1.51. The highest BCUT2D eigenvalue weighted by Crippen LogP contribution is 2.31. The molecule has 1 amide bonds. The summed E-state index contributed by atoms with van der Waals surface area (Å²) in [4.78, 5) is 10.7. The molecule has 0 aromatic rings. The van der Waals surface area contributed by atoms with E-state index in [2.05, 4.69) is 0 Å². The second-order valence-electron chi connectivity index (χ2n) is 3.08. The van der Waals surface area contributed by atoms with E-state index in [1.807, 2.05) is 0 Å². The predicted molar refractivity (Wildman–Crippen MR) is 38.3 cm³/mol. The number of primary amides is 1. The third-order valence-corrected chi connectivity index (χ3v) is 2.19. The average molecular weight is 159 g/mol. The van der Waals surface area contributed by atoms with Crippen molar-refractivity contribution in [2.75, 3.05) is 0 Å². The Balaban J connectivity index is 2.67. The minimum absolute atomic E-state index is 0.251. The van der Waals surface area contributed by atoms with Crippen LogP contribution < -0.4 is 5.73 Å². The number of amides is 1. The van der Waals surface area contributed by atoms with Gasteiger partial charge in [0.25, 0.3) is 0 Å². The lowest BCUT2D eigenvalue weighted by atomic mass is 9.83. The summed E-state index contributed by atoms with van der Waals surface area (Å²) in [5.74, 6) is -3.25. The summed E-state index contributed by atoms with van der Waals surface area (Å²) in [5, 5.41) is 18.5. The zero-order valence-electron chi connectivity index (χ0n) is 6.29. The van der Waals surface area contributed by atoms with Crippen LogP contribution in [0.2, 0.25) is 0 Å². The zero-order valence-corrected chi connectivity index (χ0v) is 6.29. The highest BCUT2D eigenvalue weighted by molar-refractivity contribution is 5.77. The Kier molecular flexibility index (Phi) is 2.15. The SMILES string of the molecule is NC(=O)C1CCCCC1(O)O. The summed E-state index contributed by atoms with van der Waals surface area (Å²) in [5.41, 5.74) is 4.98. The topological polar surface area (TPSA) is 83.6 Å². The predicted octanol–water partition coefficient (Wildman–Crippen LogP) is -0.657. The first kappa shape index (κ1) is 8.49. The maximum atomic E-state index is 10.7. The number of rotatable bonds is 1. The molecule has 1 fully saturated rings. The summed E-state index contributed by atoms with van der Waals surface area (Å²) in [7, 11) is 0. The standard InChI is InChI=1S/C7H13NO3/c8-6(9)5-3-1-2-4-7(5,10)11/h5,10-11H,1-4H2,(H2,8,9). The van der Waals surface area contributed by atoms with Crippen LogP contribution in [0, 0.1) is 5.92 Å².